The van der Waals surface area contributed by atoms with E-state index in [1.165, 1.54) is 0 Å². The lowest BCUT2D eigenvalue weighted by molar-refractivity contribution is -0.144. The number of hydrogen-bond acceptors (Lipinski definition) is 3. The average molecular weight is 230 g/mol. The SMILES string of the molecule is CCCC(C)N(C)CCC(C)(NC)C(=O)O. The smallest absolute Gasteiger partial charge is 0.323 e. The van der Waals surface area contributed by atoms with Gasteiger partial charge in [-0.15, -0.1) is 0 Å². The Morgan fingerprint density at radius 1 is 1.56 bits per heavy atom. The standard InChI is InChI=1S/C12H26N2O2/c1-6-7-10(2)14(5)9-8-12(3,13-4)11(15)16/h10,13H,6-9H2,1-5H3,(H,15,16). The van der Waals surface area contributed by atoms with E-state index in [1.54, 1.807) is 14.0 Å². The zero-order valence-electron chi connectivity index (χ0n) is 11.2. The summed E-state index contributed by atoms with van der Waals surface area (Å²) in [7, 11) is 3.75. The van der Waals surface area contributed by atoms with Gasteiger partial charge in [0, 0.05) is 12.6 Å². The molecule has 0 aliphatic carbocycles. The minimum atomic E-state index is -0.819. The molecule has 4 nitrogen and oxygen atoms in total. The molecule has 0 amide bonds. The Kier molecular flexibility index (Phi) is 6.60. The molecule has 0 rings (SSSR count). The maximum Gasteiger partial charge on any atom is 0.323 e. The summed E-state index contributed by atoms with van der Waals surface area (Å²) in [5, 5.41) is 12.0. The Morgan fingerprint density at radius 2 is 2.12 bits per heavy atom. The number of aliphatic carboxylic acids is 1. The van der Waals surface area contributed by atoms with Crippen LogP contribution in [0.15, 0.2) is 0 Å². The predicted molar refractivity (Wildman–Crippen MR) is 66.7 cm³/mol. The second-order valence-electron chi connectivity index (χ2n) is 4.76. The highest BCUT2D eigenvalue weighted by molar-refractivity contribution is 5.78. The fraction of sp³-hybridized carbons (Fsp3) is 0.917. The zero-order valence-corrected chi connectivity index (χ0v) is 11.2. The molecule has 0 bridgehead atoms. The number of carboxylic acids is 1. The molecule has 96 valence electrons. The third kappa shape index (κ3) is 4.49. The van der Waals surface area contributed by atoms with E-state index in [9.17, 15) is 4.79 Å². The molecule has 0 aliphatic heterocycles. The molecule has 2 N–H and O–H groups in total. The van der Waals surface area contributed by atoms with Gasteiger partial charge in [-0.25, -0.2) is 0 Å². The summed E-state index contributed by atoms with van der Waals surface area (Å²) in [5.41, 5.74) is -0.819. The van der Waals surface area contributed by atoms with Crippen LogP contribution in [0.25, 0.3) is 0 Å². The summed E-state index contributed by atoms with van der Waals surface area (Å²) in [6.07, 6.45) is 2.93. The molecule has 0 aromatic heterocycles. The van der Waals surface area contributed by atoms with Gasteiger partial charge in [0.1, 0.15) is 5.54 Å². The minimum Gasteiger partial charge on any atom is -0.480 e. The molecule has 0 aliphatic rings. The van der Waals surface area contributed by atoms with E-state index in [-0.39, 0.29) is 0 Å². The van der Waals surface area contributed by atoms with Gasteiger partial charge in [-0.1, -0.05) is 13.3 Å². The summed E-state index contributed by atoms with van der Waals surface area (Å²) in [5.74, 6) is -0.786. The topological polar surface area (TPSA) is 52.6 Å². The van der Waals surface area contributed by atoms with Gasteiger partial charge in [-0.2, -0.15) is 0 Å². The number of carbonyl (C=O) groups is 1. The molecule has 16 heavy (non-hydrogen) atoms. The molecule has 2 atom stereocenters. The van der Waals surface area contributed by atoms with Crippen molar-refractivity contribution in [2.24, 2.45) is 0 Å². The molecule has 0 aromatic rings. The molecule has 0 radical (unpaired) electrons. The van der Waals surface area contributed by atoms with Gasteiger partial charge in [0.2, 0.25) is 0 Å². The molecule has 0 aromatic carbocycles. The van der Waals surface area contributed by atoms with Crippen molar-refractivity contribution in [2.75, 3.05) is 20.6 Å². The quantitative estimate of drug-likeness (QED) is 0.664. The number of nitrogens with zero attached hydrogens (tertiary/aromatic N) is 1. The van der Waals surface area contributed by atoms with Crippen molar-refractivity contribution in [3.05, 3.63) is 0 Å². The first-order chi connectivity index (χ1) is 7.37. The van der Waals surface area contributed by atoms with Crippen LogP contribution < -0.4 is 5.32 Å². The van der Waals surface area contributed by atoms with Crippen LogP contribution in [0.4, 0.5) is 0 Å². The second kappa shape index (κ2) is 6.86. The average Bonchev–Trinajstić information content (AvgIpc) is 2.25. The summed E-state index contributed by atoms with van der Waals surface area (Å²) in [4.78, 5) is 13.3. The summed E-state index contributed by atoms with van der Waals surface area (Å²) in [6, 6.07) is 0.514. The highest BCUT2D eigenvalue weighted by Gasteiger charge is 2.31. The highest BCUT2D eigenvalue weighted by Crippen LogP contribution is 2.12. The lowest BCUT2D eigenvalue weighted by Crippen LogP contribution is -2.49. The van der Waals surface area contributed by atoms with Crippen LogP contribution in [0, 0.1) is 0 Å². The van der Waals surface area contributed by atoms with Crippen LogP contribution in [0.1, 0.15) is 40.0 Å². The van der Waals surface area contributed by atoms with Crippen molar-refractivity contribution in [1.29, 1.82) is 0 Å². The van der Waals surface area contributed by atoms with Gasteiger partial charge >= 0.3 is 5.97 Å². The van der Waals surface area contributed by atoms with Gasteiger partial charge in [0.05, 0.1) is 0 Å². The van der Waals surface area contributed by atoms with Crippen molar-refractivity contribution in [3.8, 4) is 0 Å². The van der Waals surface area contributed by atoms with Crippen molar-refractivity contribution in [3.63, 3.8) is 0 Å². The maximum absolute atomic E-state index is 11.1. The lowest BCUT2D eigenvalue weighted by atomic mass is 9.97. The first kappa shape index (κ1) is 15.4. The normalized spacial score (nSPS) is 17.1. The van der Waals surface area contributed by atoms with E-state index in [2.05, 4.69) is 31.1 Å². The number of likely N-dealkylation sites (N-methyl/N-ethyl adjacent to an activating group) is 1. The largest absolute Gasteiger partial charge is 0.480 e. The summed E-state index contributed by atoms with van der Waals surface area (Å²) < 4.78 is 0. The molecule has 2 unspecified atom stereocenters. The van der Waals surface area contributed by atoms with E-state index in [4.69, 9.17) is 5.11 Å². The second-order valence-corrected chi connectivity index (χ2v) is 4.76. The molecule has 0 spiro atoms. The van der Waals surface area contributed by atoms with E-state index >= 15 is 0 Å². The van der Waals surface area contributed by atoms with Crippen LogP contribution in [0.2, 0.25) is 0 Å². The van der Waals surface area contributed by atoms with Crippen molar-refractivity contribution in [2.45, 2.75) is 51.6 Å². The van der Waals surface area contributed by atoms with Crippen molar-refractivity contribution in [1.82, 2.24) is 10.2 Å². The summed E-state index contributed by atoms with van der Waals surface area (Å²) in [6.45, 7) is 6.87. The Labute approximate surface area is 99.0 Å². The van der Waals surface area contributed by atoms with Crippen LogP contribution >= 0.6 is 0 Å². The van der Waals surface area contributed by atoms with E-state index in [0.717, 1.165) is 19.4 Å². The Bertz CT molecular complexity index is 221. The molecule has 4 heteroatoms. The van der Waals surface area contributed by atoms with Gasteiger partial charge in [0.15, 0.2) is 0 Å². The molecular formula is C12H26N2O2. The number of rotatable bonds is 8. The number of carboxylic acid groups (broad SMARTS) is 1. The zero-order chi connectivity index (χ0) is 12.8. The Balaban J connectivity index is 4.16. The first-order valence-corrected chi connectivity index (χ1v) is 6.00. The number of hydrogen-bond donors (Lipinski definition) is 2. The van der Waals surface area contributed by atoms with Gasteiger partial charge in [-0.3, -0.25) is 4.79 Å². The molecular weight excluding hydrogens is 204 g/mol. The fourth-order valence-corrected chi connectivity index (χ4v) is 1.60. The first-order valence-electron chi connectivity index (χ1n) is 6.00. The Hall–Kier alpha value is -0.610. The van der Waals surface area contributed by atoms with Crippen LogP contribution in [-0.2, 0) is 4.79 Å². The van der Waals surface area contributed by atoms with Crippen molar-refractivity contribution >= 4 is 5.97 Å². The van der Waals surface area contributed by atoms with Gasteiger partial charge < -0.3 is 15.3 Å². The van der Waals surface area contributed by atoms with E-state index in [1.807, 2.05) is 0 Å². The van der Waals surface area contributed by atoms with E-state index in [0.29, 0.717) is 12.5 Å². The van der Waals surface area contributed by atoms with E-state index < -0.39 is 11.5 Å². The minimum absolute atomic E-state index is 0.514. The van der Waals surface area contributed by atoms with Crippen LogP contribution in [-0.4, -0.2) is 48.2 Å². The maximum atomic E-state index is 11.1. The predicted octanol–water partition coefficient (Wildman–Crippen LogP) is 1.56. The lowest BCUT2D eigenvalue weighted by Gasteiger charge is -2.30. The fourth-order valence-electron chi connectivity index (χ4n) is 1.60. The summed E-state index contributed by atoms with van der Waals surface area (Å²) >= 11 is 0. The monoisotopic (exact) mass is 230 g/mol. The van der Waals surface area contributed by atoms with Crippen molar-refractivity contribution < 1.29 is 9.90 Å². The highest BCUT2D eigenvalue weighted by atomic mass is 16.4. The molecule has 0 saturated heterocycles. The third-order valence-corrected chi connectivity index (χ3v) is 3.45. The van der Waals surface area contributed by atoms with Gasteiger partial charge in [-0.05, 0) is 40.8 Å². The Morgan fingerprint density at radius 3 is 2.50 bits per heavy atom. The molecule has 0 saturated carbocycles. The molecule has 0 heterocycles. The van der Waals surface area contributed by atoms with Crippen LogP contribution in [0.5, 0.6) is 0 Å². The van der Waals surface area contributed by atoms with Crippen LogP contribution in [0.3, 0.4) is 0 Å². The third-order valence-electron chi connectivity index (χ3n) is 3.45. The molecule has 0 fully saturated rings. The number of nitrogens with one attached hydrogen (secondary N) is 1. The van der Waals surface area contributed by atoms with Gasteiger partial charge in [0.25, 0.3) is 0 Å².